The average Bonchev–Trinajstić information content (AvgIpc) is 2.12. The van der Waals surface area contributed by atoms with Crippen molar-refractivity contribution >= 4 is 17.5 Å². The van der Waals surface area contributed by atoms with Crippen LogP contribution in [0.1, 0.15) is 33.1 Å². The first-order valence-electron chi connectivity index (χ1n) is 4.70. The molecule has 0 amide bonds. The van der Waals surface area contributed by atoms with E-state index in [1.807, 2.05) is 0 Å². The molecule has 0 aromatic rings. The van der Waals surface area contributed by atoms with E-state index in [1.165, 1.54) is 13.8 Å². The van der Waals surface area contributed by atoms with Crippen molar-refractivity contribution in [2.75, 3.05) is 0 Å². The fourth-order valence-electron chi connectivity index (χ4n) is 1.81. The largest absolute Gasteiger partial charge is 0.481 e. The van der Waals surface area contributed by atoms with Crippen molar-refractivity contribution in [2.24, 2.45) is 11.3 Å². The Bertz CT molecular complexity index is 276. The molecule has 0 heterocycles. The highest BCUT2D eigenvalue weighted by molar-refractivity contribution is 6.11. The maximum Gasteiger partial charge on any atom is 0.307 e. The predicted molar refractivity (Wildman–Crippen MR) is 48.8 cm³/mol. The van der Waals surface area contributed by atoms with E-state index in [-0.39, 0.29) is 11.6 Å². The third-order valence-corrected chi connectivity index (χ3v) is 3.20. The summed E-state index contributed by atoms with van der Waals surface area (Å²) < 4.78 is 0. The minimum absolute atomic E-state index is 0.233. The van der Waals surface area contributed by atoms with Gasteiger partial charge in [0.25, 0.3) is 0 Å². The summed E-state index contributed by atoms with van der Waals surface area (Å²) >= 11 is 0. The van der Waals surface area contributed by atoms with E-state index in [2.05, 4.69) is 0 Å². The molecule has 1 atom stereocenters. The summed E-state index contributed by atoms with van der Waals surface area (Å²) in [4.78, 5) is 34.0. The zero-order valence-electron chi connectivity index (χ0n) is 8.37. The Morgan fingerprint density at radius 2 is 1.79 bits per heavy atom. The van der Waals surface area contributed by atoms with Crippen molar-refractivity contribution in [3.05, 3.63) is 0 Å². The second-order valence-electron chi connectivity index (χ2n) is 3.96. The van der Waals surface area contributed by atoms with Crippen molar-refractivity contribution < 1.29 is 19.5 Å². The third-order valence-electron chi connectivity index (χ3n) is 3.20. The molecule has 1 aliphatic rings. The summed E-state index contributed by atoms with van der Waals surface area (Å²) in [5.74, 6) is -2.48. The van der Waals surface area contributed by atoms with Crippen LogP contribution in [0.25, 0.3) is 0 Å². The van der Waals surface area contributed by atoms with E-state index in [4.69, 9.17) is 5.11 Å². The minimum atomic E-state index is -1.30. The monoisotopic (exact) mass is 198 g/mol. The standard InChI is InChI=1S/C10H14O4/c1-6(9(13)14)10(2)7(11)4-3-5-8(10)12/h6H,3-5H2,1-2H3,(H,13,14). The molecule has 1 N–H and O–H groups in total. The average molecular weight is 198 g/mol. The number of carboxylic acids is 1. The zero-order valence-corrected chi connectivity index (χ0v) is 8.37. The number of aliphatic carboxylic acids is 1. The van der Waals surface area contributed by atoms with Crippen molar-refractivity contribution in [1.82, 2.24) is 0 Å². The van der Waals surface area contributed by atoms with Gasteiger partial charge >= 0.3 is 5.97 Å². The van der Waals surface area contributed by atoms with E-state index in [1.54, 1.807) is 0 Å². The van der Waals surface area contributed by atoms with Crippen molar-refractivity contribution in [2.45, 2.75) is 33.1 Å². The second-order valence-corrected chi connectivity index (χ2v) is 3.96. The Kier molecular flexibility index (Phi) is 2.73. The van der Waals surface area contributed by atoms with Gasteiger partial charge in [-0.15, -0.1) is 0 Å². The molecule has 1 saturated carbocycles. The zero-order chi connectivity index (χ0) is 10.9. The molecule has 4 heteroatoms. The number of Topliss-reactive ketones (excluding diaryl/α,β-unsaturated/α-hetero) is 2. The Labute approximate surface area is 82.3 Å². The van der Waals surface area contributed by atoms with Crippen LogP contribution in [-0.2, 0) is 14.4 Å². The van der Waals surface area contributed by atoms with Crippen LogP contribution in [0.4, 0.5) is 0 Å². The highest BCUT2D eigenvalue weighted by Gasteiger charge is 2.49. The number of ketones is 2. The summed E-state index contributed by atoms with van der Waals surface area (Å²) in [6, 6.07) is 0. The van der Waals surface area contributed by atoms with Gasteiger partial charge in [-0.05, 0) is 13.3 Å². The van der Waals surface area contributed by atoms with E-state index < -0.39 is 17.3 Å². The fraction of sp³-hybridized carbons (Fsp3) is 0.700. The molecule has 0 aromatic carbocycles. The number of carbonyl (C=O) groups excluding carboxylic acids is 2. The Hall–Kier alpha value is -1.19. The third kappa shape index (κ3) is 1.45. The number of carboxylic acid groups (broad SMARTS) is 1. The normalized spacial score (nSPS) is 23.3. The van der Waals surface area contributed by atoms with E-state index in [9.17, 15) is 14.4 Å². The van der Waals surface area contributed by atoms with Gasteiger partial charge in [-0.2, -0.15) is 0 Å². The van der Waals surface area contributed by atoms with Gasteiger partial charge < -0.3 is 5.11 Å². The molecular formula is C10H14O4. The maximum absolute atomic E-state index is 11.6. The molecule has 78 valence electrons. The topological polar surface area (TPSA) is 71.4 Å². The van der Waals surface area contributed by atoms with Crippen LogP contribution in [0.3, 0.4) is 0 Å². The van der Waals surface area contributed by atoms with Gasteiger partial charge in [-0.25, -0.2) is 0 Å². The van der Waals surface area contributed by atoms with Gasteiger partial charge in [0, 0.05) is 12.8 Å². The lowest BCUT2D eigenvalue weighted by atomic mass is 9.66. The summed E-state index contributed by atoms with van der Waals surface area (Å²) in [6.45, 7) is 2.87. The second kappa shape index (κ2) is 3.52. The molecule has 14 heavy (non-hydrogen) atoms. The summed E-state index contributed by atoms with van der Waals surface area (Å²) in [6.07, 6.45) is 1.19. The number of hydrogen-bond acceptors (Lipinski definition) is 3. The molecule has 0 aliphatic heterocycles. The van der Waals surface area contributed by atoms with Crippen molar-refractivity contribution in [3.8, 4) is 0 Å². The van der Waals surface area contributed by atoms with Crippen LogP contribution >= 0.6 is 0 Å². The van der Waals surface area contributed by atoms with Crippen LogP contribution in [0.5, 0.6) is 0 Å². The first-order chi connectivity index (χ1) is 6.40. The molecule has 0 aromatic heterocycles. The number of carbonyl (C=O) groups is 3. The molecule has 1 aliphatic carbocycles. The van der Waals surface area contributed by atoms with Gasteiger partial charge in [-0.3, -0.25) is 14.4 Å². The van der Waals surface area contributed by atoms with Crippen molar-refractivity contribution in [3.63, 3.8) is 0 Å². The Morgan fingerprint density at radius 1 is 1.36 bits per heavy atom. The van der Waals surface area contributed by atoms with Crippen molar-refractivity contribution in [1.29, 1.82) is 0 Å². The minimum Gasteiger partial charge on any atom is -0.481 e. The molecule has 0 spiro atoms. The lowest BCUT2D eigenvalue weighted by molar-refractivity contribution is -0.158. The van der Waals surface area contributed by atoms with Crippen LogP contribution in [0.2, 0.25) is 0 Å². The summed E-state index contributed by atoms with van der Waals surface area (Å²) in [7, 11) is 0. The highest BCUT2D eigenvalue weighted by Crippen LogP contribution is 2.36. The van der Waals surface area contributed by atoms with Gasteiger partial charge in [0.2, 0.25) is 0 Å². The summed E-state index contributed by atoms with van der Waals surface area (Å²) in [5.41, 5.74) is -1.30. The molecule has 1 rings (SSSR count). The van der Waals surface area contributed by atoms with E-state index in [0.717, 1.165) is 0 Å². The Balaban J connectivity index is 3.04. The molecular weight excluding hydrogens is 184 g/mol. The molecule has 4 nitrogen and oxygen atoms in total. The molecule has 0 saturated heterocycles. The van der Waals surface area contributed by atoms with Crippen LogP contribution in [0.15, 0.2) is 0 Å². The molecule has 1 unspecified atom stereocenters. The van der Waals surface area contributed by atoms with E-state index in [0.29, 0.717) is 19.3 Å². The van der Waals surface area contributed by atoms with E-state index >= 15 is 0 Å². The predicted octanol–water partition coefficient (Wildman–Crippen LogP) is 1.04. The smallest absolute Gasteiger partial charge is 0.307 e. The maximum atomic E-state index is 11.6. The number of hydrogen-bond donors (Lipinski definition) is 1. The fourth-order valence-corrected chi connectivity index (χ4v) is 1.81. The van der Waals surface area contributed by atoms with Gasteiger partial charge in [0.05, 0.1) is 11.3 Å². The summed E-state index contributed by atoms with van der Waals surface area (Å²) in [5, 5.41) is 8.83. The molecule has 0 radical (unpaired) electrons. The first kappa shape index (κ1) is 10.9. The van der Waals surface area contributed by atoms with Gasteiger partial charge in [0.1, 0.15) is 11.6 Å². The SMILES string of the molecule is CC(C(=O)O)C1(C)C(=O)CCCC1=O. The Morgan fingerprint density at radius 3 is 2.14 bits per heavy atom. The van der Waals surface area contributed by atoms with Crippen LogP contribution in [-0.4, -0.2) is 22.6 Å². The van der Waals surface area contributed by atoms with Crippen LogP contribution < -0.4 is 0 Å². The lowest BCUT2D eigenvalue weighted by Crippen LogP contribution is -2.47. The van der Waals surface area contributed by atoms with Gasteiger partial charge in [-0.1, -0.05) is 6.92 Å². The quantitative estimate of drug-likeness (QED) is 0.673. The van der Waals surface area contributed by atoms with Gasteiger partial charge in [0.15, 0.2) is 0 Å². The highest BCUT2D eigenvalue weighted by atomic mass is 16.4. The molecule has 0 bridgehead atoms. The lowest BCUT2D eigenvalue weighted by Gasteiger charge is -2.33. The van der Waals surface area contributed by atoms with Crippen LogP contribution in [0, 0.1) is 11.3 Å². The number of rotatable bonds is 2. The molecule has 1 fully saturated rings. The first-order valence-corrected chi connectivity index (χ1v) is 4.70.